The largest absolute Gasteiger partial charge is 0.573 e. The van der Waals surface area contributed by atoms with E-state index in [0.29, 0.717) is 17.0 Å². The molecule has 0 aliphatic rings. The van der Waals surface area contributed by atoms with E-state index in [1.165, 1.54) is 37.3 Å². The highest BCUT2D eigenvalue weighted by Gasteiger charge is 2.32. The highest BCUT2D eigenvalue weighted by atomic mass is 19.4. The van der Waals surface area contributed by atoms with E-state index in [1.807, 2.05) is 0 Å². The van der Waals surface area contributed by atoms with Crippen LogP contribution in [0, 0.1) is 0 Å². The zero-order valence-corrected chi connectivity index (χ0v) is 17.2. The normalized spacial score (nSPS) is 12.2. The van der Waals surface area contributed by atoms with Gasteiger partial charge in [-0.2, -0.15) is 5.10 Å². The molecule has 1 aromatic heterocycles. The molecule has 7 nitrogen and oxygen atoms in total. The summed E-state index contributed by atoms with van der Waals surface area (Å²) in [6.07, 6.45) is -4.85. The molecule has 0 fully saturated rings. The fraction of sp³-hybridized carbons (Fsp3) is 0.227. The molecule has 3 aromatic rings. The van der Waals surface area contributed by atoms with Crippen LogP contribution in [0.3, 0.4) is 0 Å². The molecule has 1 N–H and O–H groups in total. The Balaban J connectivity index is 1.76. The van der Waals surface area contributed by atoms with E-state index in [2.05, 4.69) is 15.2 Å². The van der Waals surface area contributed by atoms with E-state index < -0.39 is 29.6 Å². The second-order valence-electron chi connectivity index (χ2n) is 6.78. The first-order valence-corrected chi connectivity index (χ1v) is 9.53. The molecule has 1 atom stereocenters. The number of halogens is 3. The SMILES string of the molecule is COc1ccc(-c2ccc(=O)n(C(C)C(=O)NCc3ccccc3OC(F)(F)F)n2)cc1. The third-order valence-electron chi connectivity index (χ3n) is 4.61. The summed E-state index contributed by atoms with van der Waals surface area (Å²) in [5.74, 6) is -0.345. The topological polar surface area (TPSA) is 82.5 Å². The van der Waals surface area contributed by atoms with E-state index in [9.17, 15) is 22.8 Å². The number of nitrogens with one attached hydrogen (secondary N) is 1. The van der Waals surface area contributed by atoms with Crippen LogP contribution in [0.2, 0.25) is 0 Å². The van der Waals surface area contributed by atoms with Gasteiger partial charge in [0.05, 0.1) is 12.8 Å². The maximum atomic E-state index is 12.6. The molecule has 3 rings (SSSR count). The molecular formula is C22H20F3N3O4. The summed E-state index contributed by atoms with van der Waals surface area (Å²) in [7, 11) is 1.54. The second-order valence-corrected chi connectivity index (χ2v) is 6.78. The van der Waals surface area contributed by atoms with Crippen LogP contribution in [0.25, 0.3) is 11.3 Å². The van der Waals surface area contributed by atoms with Crippen molar-refractivity contribution in [3.05, 3.63) is 76.6 Å². The maximum Gasteiger partial charge on any atom is 0.573 e. The van der Waals surface area contributed by atoms with Crippen LogP contribution in [0.15, 0.2) is 65.5 Å². The number of methoxy groups -OCH3 is 1. The first kappa shape index (κ1) is 22.9. The second kappa shape index (κ2) is 9.54. The van der Waals surface area contributed by atoms with Crippen molar-refractivity contribution >= 4 is 5.91 Å². The van der Waals surface area contributed by atoms with Gasteiger partial charge in [-0.05, 0) is 43.3 Å². The van der Waals surface area contributed by atoms with Gasteiger partial charge in [-0.25, -0.2) is 4.68 Å². The molecule has 0 aliphatic carbocycles. The number of ether oxygens (including phenoxy) is 2. The van der Waals surface area contributed by atoms with Crippen LogP contribution >= 0.6 is 0 Å². The van der Waals surface area contributed by atoms with E-state index in [0.717, 1.165) is 10.7 Å². The van der Waals surface area contributed by atoms with E-state index in [4.69, 9.17) is 4.74 Å². The number of alkyl halides is 3. The van der Waals surface area contributed by atoms with E-state index in [1.54, 1.807) is 31.4 Å². The minimum Gasteiger partial charge on any atom is -0.497 e. The van der Waals surface area contributed by atoms with Crippen molar-refractivity contribution in [2.75, 3.05) is 7.11 Å². The molecule has 10 heteroatoms. The summed E-state index contributed by atoms with van der Waals surface area (Å²) in [6.45, 7) is 1.25. The zero-order valence-electron chi connectivity index (χ0n) is 17.2. The molecule has 1 amide bonds. The van der Waals surface area contributed by atoms with Crippen molar-refractivity contribution in [3.63, 3.8) is 0 Å². The first-order valence-electron chi connectivity index (χ1n) is 9.53. The number of hydrogen-bond acceptors (Lipinski definition) is 5. The summed E-state index contributed by atoms with van der Waals surface area (Å²) in [6, 6.07) is 14.3. The molecule has 0 aliphatic heterocycles. The lowest BCUT2D eigenvalue weighted by molar-refractivity contribution is -0.274. The van der Waals surface area contributed by atoms with Crippen LogP contribution in [0.4, 0.5) is 13.2 Å². The Morgan fingerprint density at radius 2 is 1.78 bits per heavy atom. The third-order valence-corrected chi connectivity index (χ3v) is 4.61. The Labute approximate surface area is 181 Å². The van der Waals surface area contributed by atoms with Crippen LogP contribution in [0.5, 0.6) is 11.5 Å². The van der Waals surface area contributed by atoms with Gasteiger partial charge in [-0.1, -0.05) is 18.2 Å². The minimum atomic E-state index is -4.85. The fourth-order valence-electron chi connectivity index (χ4n) is 2.93. The van der Waals surface area contributed by atoms with Crippen molar-refractivity contribution in [3.8, 4) is 22.8 Å². The number of aromatic nitrogens is 2. The van der Waals surface area contributed by atoms with Crippen LogP contribution in [-0.4, -0.2) is 29.2 Å². The van der Waals surface area contributed by atoms with Crippen molar-refractivity contribution in [2.24, 2.45) is 0 Å². The molecule has 0 spiro atoms. The maximum absolute atomic E-state index is 12.6. The highest BCUT2D eigenvalue weighted by Crippen LogP contribution is 2.26. The summed E-state index contributed by atoms with van der Waals surface area (Å²) >= 11 is 0. The number of benzene rings is 2. The summed E-state index contributed by atoms with van der Waals surface area (Å²) < 4.78 is 47.8. The monoisotopic (exact) mass is 447 g/mol. The Hall–Kier alpha value is -3.82. The van der Waals surface area contributed by atoms with Crippen LogP contribution < -0.4 is 20.3 Å². The molecule has 168 valence electrons. The molecule has 32 heavy (non-hydrogen) atoms. The standard InChI is InChI=1S/C22H20F3N3O4/c1-14(21(30)26-13-16-5-3-4-6-19(16)32-22(23,24)25)28-20(29)12-11-18(27-28)15-7-9-17(31-2)10-8-15/h3-12,14H,13H2,1-2H3,(H,26,30). The van der Waals surface area contributed by atoms with Gasteiger partial charge < -0.3 is 14.8 Å². The lowest BCUT2D eigenvalue weighted by Gasteiger charge is -2.17. The van der Waals surface area contributed by atoms with Gasteiger partial charge in [0.15, 0.2) is 0 Å². The van der Waals surface area contributed by atoms with Gasteiger partial charge in [0.1, 0.15) is 17.5 Å². The molecule has 0 bridgehead atoms. The zero-order chi connectivity index (χ0) is 23.3. The number of carbonyl (C=O) groups is 1. The summed E-state index contributed by atoms with van der Waals surface area (Å²) in [5, 5.41) is 6.79. The Morgan fingerprint density at radius 1 is 1.09 bits per heavy atom. The number of hydrogen-bond donors (Lipinski definition) is 1. The lowest BCUT2D eigenvalue weighted by Crippen LogP contribution is -2.36. The fourth-order valence-corrected chi connectivity index (χ4v) is 2.93. The van der Waals surface area contributed by atoms with Crippen molar-refractivity contribution < 1.29 is 27.4 Å². The van der Waals surface area contributed by atoms with Crippen molar-refractivity contribution in [1.29, 1.82) is 0 Å². The third kappa shape index (κ3) is 5.65. The predicted molar refractivity (Wildman–Crippen MR) is 110 cm³/mol. The van der Waals surface area contributed by atoms with Gasteiger partial charge in [-0.15, -0.1) is 13.2 Å². The number of para-hydroxylation sites is 1. The predicted octanol–water partition coefficient (Wildman–Crippen LogP) is 3.69. The van der Waals surface area contributed by atoms with Crippen LogP contribution in [-0.2, 0) is 11.3 Å². The summed E-state index contributed by atoms with van der Waals surface area (Å²) in [4.78, 5) is 24.9. The first-order chi connectivity index (χ1) is 15.2. The number of carbonyl (C=O) groups excluding carboxylic acids is 1. The van der Waals surface area contributed by atoms with Crippen molar-refractivity contribution in [1.82, 2.24) is 15.1 Å². The Morgan fingerprint density at radius 3 is 2.44 bits per heavy atom. The Bertz CT molecular complexity index is 1140. The molecular weight excluding hydrogens is 427 g/mol. The minimum absolute atomic E-state index is 0.137. The smallest absolute Gasteiger partial charge is 0.497 e. The number of nitrogens with zero attached hydrogens (tertiary/aromatic N) is 2. The summed E-state index contributed by atoms with van der Waals surface area (Å²) in [5.41, 5.74) is 0.824. The average molecular weight is 447 g/mol. The van der Waals surface area contributed by atoms with Crippen molar-refractivity contribution in [2.45, 2.75) is 25.9 Å². The molecule has 0 radical (unpaired) electrons. The van der Waals surface area contributed by atoms with Gasteiger partial charge in [0.25, 0.3) is 5.56 Å². The van der Waals surface area contributed by atoms with Gasteiger partial charge >= 0.3 is 6.36 Å². The lowest BCUT2D eigenvalue weighted by atomic mass is 10.1. The number of amides is 1. The molecule has 1 heterocycles. The molecule has 0 saturated heterocycles. The van der Waals surface area contributed by atoms with E-state index in [-0.39, 0.29) is 12.1 Å². The average Bonchev–Trinajstić information content (AvgIpc) is 2.77. The van der Waals surface area contributed by atoms with Crippen LogP contribution in [0.1, 0.15) is 18.5 Å². The van der Waals surface area contributed by atoms with E-state index >= 15 is 0 Å². The molecule has 0 saturated carbocycles. The van der Waals surface area contributed by atoms with Gasteiger partial charge in [-0.3, -0.25) is 9.59 Å². The molecule has 2 aromatic carbocycles. The molecule has 1 unspecified atom stereocenters. The highest BCUT2D eigenvalue weighted by molar-refractivity contribution is 5.79. The quantitative estimate of drug-likeness (QED) is 0.597. The van der Waals surface area contributed by atoms with Gasteiger partial charge in [0, 0.05) is 23.7 Å². The van der Waals surface area contributed by atoms with Gasteiger partial charge in [0.2, 0.25) is 5.91 Å². The Kier molecular flexibility index (Phi) is 6.82. The number of rotatable bonds is 7.